The Hall–Kier alpha value is -2.63. The Morgan fingerprint density at radius 2 is 2.00 bits per heavy atom. The van der Waals surface area contributed by atoms with Crippen molar-refractivity contribution in [3.8, 4) is 0 Å². The summed E-state index contributed by atoms with van der Waals surface area (Å²) >= 11 is 0. The Morgan fingerprint density at radius 3 is 2.76 bits per heavy atom. The normalized spacial score (nSPS) is 10.9. The van der Waals surface area contributed by atoms with Gasteiger partial charge in [0.1, 0.15) is 5.52 Å². The lowest BCUT2D eigenvalue weighted by atomic mass is 10.2. The zero-order chi connectivity index (χ0) is 14.7. The van der Waals surface area contributed by atoms with Gasteiger partial charge in [-0.1, -0.05) is 31.5 Å². The highest BCUT2D eigenvalue weighted by Crippen LogP contribution is 2.29. The zero-order valence-corrected chi connectivity index (χ0v) is 12.0. The van der Waals surface area contributed by atoms with Crippen LogP contribution in [-0.2, 0) is 0 Å². The molecule has 0 saturated carbocycles. The van der Waals surface area contributed by atoms with Crippen molar-refractivity contribution in [2.24, 2.45) is 0 Å². The maximum atomic E-state index is 5.83. The molecule has 0 atom stereocenters. The third-order valence-corrected chi connectivity index (χ3v) is 3.34. The number of fused-ring (bicyclic) bond motifs is 1. The molecule has 0 aliphatic rings. The molecule has 0 fully saturated rings. The summed E-state index contributed by atoms with van der Waals surface area (Å²) < 4.78 is 0. The van der Waals surface area contributed by atoms with E-state index in [2.05, 4.69) is 43.9 Å². The van der Waals surface area contributed by atoms with Crippen molar-refractivity contribution in [2.45, 2.75) is 19.8 Å². The molecule has 0 bridgehead atoms. The van der Waals surface area contributed by atoms with Crippen molar-refractivity contribution in [1.29, 1.82) is 0 Å². The van der Waals surface area contributed by atoms with Gasteiger partial charge in [-0.3, -0.25) is 0 Å². The second-order valence-corrected chi connectivity index (χ2v) is 4.85. The van der Waals surface area contributed by atoms with Crippen LogP contribution in [0.4, 0.5) is 17.5 Å². The monoisotopic (exact) mass is 282 g/mol. The van der Waals surface area contributed by atoms with E-state index in [1.807, 2.05) is 18.2 Å². The average Bonchev–Trinajstić information content (AvgIpc) is 2.96. The third-order valence-electron chi connectivity index (χ3n) is 3.34. The lowest BCUT2D eigenvalue weighted by molar-refractivity contribution is 0.780. The number of anilines is 3. The van der Waals surface area contributed by atoms with Gasteiger partial charge in [0, 0.05) is 12.2 Å². The van der Waals surface area contributed by atoms with Crippen LogP contribution in [0.25, 0.3) is 11.2 Å². The number of imidazole rings is 1. The van der Waals surface area contributed by atoms with E-state index in [1.54, 1.807) is 6.33 Å². The van der Waals surface area contributed by atoms with Crippen molar-refractivity contribution >= 4 is 28.6 Å². The number of nitrogens with one attached hydrogen (secondary N) is 1. The Kier molecular flexibility index (Phi) is 3.68. The molecule has 0 radical (unpaired) electrons. The number of para-hydroxylation sites is 1. The summed E-state index contributed by atoms with van der Waals surface area (Å²) in [5, 5.41) is 0. The zero-order valence-electron chi connectivity index (χ0n) is 12.0. The lowest BCUT2D eigenvalue weighted by Crippen LogP contribution is -2.20. The van der Waals surface area contributed by atoms with Crippen molar-refractivity contribution in [3.63, 3.8) is 0 Å². The number of hydrogen-bond donors (Lipinski definition) is 2. The predicted molar refractivity (Wildman–Crippen MR) is 84.5 cm³/mol. The molecule has 0 amide bonds. The minimum atomic E-state index is 0.238. The van der Waals surface area contributed by atoms with E-state index in [9.17, 15) is 0 Å². The van der Waals surface area contributed by atoms with E-state index in [4.69, 9.17) is 5.73 Å². The first-order valence-corrected chi connectivity index (χ1v) is 7.08. The van der Waals surface area contributed by atoms with E-state index < -0.39 is 0 Å². The third kappa shape index (κ3) is 2.65. The van der Waals surface area contributed by atoms with Crippen LogP contribution in [0, 0.1) is 0 Å². The van der Waals surface area contributed by atoms with E-state index in [0.717, 1.165) is 36.4 Å². The van der Waals surface area contributed by atoms with E-state index in [0.29, 0.717) is 5.65 Å². The van der Waals surface area contributed by atoms with Crippen LogP contribution in [0.3, 0.4) is 0 Å². The number of aromatic nitrogens is 4. The first-order valence-electron chi connectivity index (χ1n) is 7.08. The number of nitrogens with two attached hydrogens (primary N) is 1. The van der Waals surface area contributed by atoms with E-state index in [1.165, 1.54) is 0 Å². The molecule has 21 heavy (non-hydrogen) atoms. The van der Waals surface area contributed by atoms with E-state index >= 15 is 0 Å². The van der Waals surface area contributed by atoms with Gasteiger partial charge in [0.25, 0.3) is 0 Å². The number of nitrogens with zero attached hydrogens (tertiary/aromatic N) is 4. The van der Waals surface area contributed by atoms with Gasteiger partial charge in [0.05, 0.1) is 6.33 Å². The maximum Gasteiger partial charge on any atom is 0.224 e. The Bertz CT molecular complexity index is 721. The van der Waals surface area contributed by atoms with Gasteiger partial charge >= 0.3 is 0 Å². The minimum Gasteiger partial charge on any atom is -0.368 e. The summed E-state index contributed by atoms with van der Waals surface area (Å²) in [7, 11) is 0. The number of hydrogen-bond acceptors (Lipinski definition) is 5. The van der Waals surface area contributed by atoms with Crippen molar-refractivity contribution in [3.05, 3.63) is 36.7 Å². The van der Waals surface area contributed by atoms with Gasteiger partial charge < -0.3 is 15.6 Å². The predicted octanol–water partition coefficient (Wildman–Crippen LogP) is 2.87. The first kappa shape index (κ1) is 13.4. The van der Waals surface area contributed by atoms with Crippen molar-refractivity contribution < 1.29 is 0 Å². The van der Waals surface area contributed by atoms with Gasteiger partial charge in [-0.15, -0.1) is 0 Å². The Morgan fingerprint density at radius 1 is 1.19 bits per heavy atom. The standard InChI is InChI=1S/C15H18N6/c1-2-3-9-21(11-7-5-4-6-8-11)14-12-13(18-10-17-12)19-15(16)20-14/h4-8,10H,2-3,9H2,1H3,(H3,16,17,18,19,20). The van der Waals surface area contributed by atoms with Crippen molar-refractivity contribution in [1.82, 2.24) is 19.9 Å². The molecule has 0 aliphatic carbocycles. The fourth-order valence-corrected chi connectivity index (χ4v) is 2.31. The maximum absolute atomic E-state index is 5.83. The number of benzene rings is 1. The topological polar surface area (TPSA) is 83.7 Å². The lowest BCUT2D eigenvalue weighted by Gasteiger charge is -2.24. The minimum absolute atomic E-state index is 0.238. The van der Waals surface area contributed by atoms with Crippen molar-refractivity contribution in [2.75, 3.05) is 17.2 Å². The largest absolute Gasteiger partial charge is 0.368 e. The molecule has 3 rings (SSSR count). The van der Waals surface area contributed by atoms with Gasteiger partial charge in [-0.05, 0) is 18.6 Å². The summed E-state index contributed by atoms with van der Waals surface area (Å²) in [5.41, 5.74) is 8.31. The Balaban J connectivity index is 2.12. The van der Waals surface area contributed by atoms with Gasteiger partial charge in [0.2, 0.25) is 5.95 Å². The number of unbranched alkanes of at least 4 members (excludes halogenated alkanes) is 1. The average molecular weight is 282 g/mol. The highest BCUT2D eigenvalue weighted by atomic mass is 15.2. The summed E-state index contributed by atoms with van der Waals surface area (Å²) in [5.74, 6) is 1.01. The summed E-state index contributed by atoms with van der Waals surface area (Å²) in [6.45, 7) is 3.04. The van der Waals surface area contributed by atoms with Gasteiger partial charge in [-0.2, -0.15) is 9.97 Å². The quantitative estimate of drug-likeness (QED) is 0.751. The molecule has 0 aliphatic heterocycles. The number of H-pyrrole nitrogens is 1. The summed E-state index contributed by atoms with van der Waals surface area (Å²) in [6, 6.07) is 10.2. The molecular formula is C15H18N6. The van der Waals surface area contributed by atoms with Crippen LogP contribution in [-0.4, -0.2) is 26.5 Å². The van der Waals surface area contributed by atoms with Gasteiger partial charge in [0.15, 0.2) is 11.5 Å². The highest BCUT2D eigenvalue weighted by Gasteiger charge is 2.16. The molecule has 3 N–H and O–H groups in total. The number of nitrogen functional groups attached to an aromatic ring is 1. The molecule has 0 spiro atoms. The number of rotatable bonds is 5. The molecule has 0 unspecified atom stereocenters. The second kappa shape index (κ2) is 5.78. The fraction of sp³-hybridized carbons (Fsp3) is 0.267. The molecule has 0 saturated heterocycles. The first-order chi connectivity index (χ1) is 10.3. The van der Waals surface area contributed by atoms with Crippen LogP contribution in [0.5, 0.6) is 0 Å². The molecule has 108 valence electrons. The van der Waals surface area contributed by atoms with E-state index in [-0.39, 0.29) is 5.95 Å². The van der Waals surface area contributed by atoms with Crippen LogP contribution in [0.2, 0.25) is 0 Å². The highest BCUT2D eigenvalue weighted by molar-refractivity contribution is 5.86. The smallest absolute Gasteiger partial charge is 0.224 e. The molecule has 6 heteroatoms. The number of aromatic amines is 1. The second-order valence-electron chi connectivity index (χ2n) is 4.85. The molecule has 6 nitrogen and oxygen atoms in total. The molecular weight excluding hydrogens is 264 g/mol. The fourth-order valence-electron chi connectivity index (χ4n) is 2.31. The van der Waals surface area contributed by atoms with Gasteiger partial charge in [-0.25, -0.2) is 4.98 Å². The summed E-state index contributed by atoms with van der Waals surface area (Å²) in [4.78, 5) is 18.0. The summed E-state index contributed by atoms with van der Waals surface area (Å²) in [6.07, 6.45) is 3.79. The van der Waals surface area contributed by atoms with Crippen LogP contribution in [0.15, 0.2) is 36.7 Å². The molecule has 1 aromatic carbocycles. The van der Waals surface area contributed by atoms with Crippen LogP contribution >= 0.6 is 0 Å². The Labute approximate surface area is 123 Å². The SMILES string of the molecule is CCCCN(c1ccccc1)c1nc(N)nc2nc[nH]c12. The molecule has 3 aromatic rings. The molecule has 2 aromatic heterocycles. The van der Waals surface area contributed by atoms with Crippen LogP contribution in [0.1, 0.15) is 19.8 Å². The molecule has 2 heterocycles. The van der Waals surface area contributed by atoms with Crippen LogP contribution < -0.4 is 10.6 Å².